The molecule has 0 bridgehead atoms. The highest BCUT2D eigenvalue weighted by atomic mass is 35.5. The third-order valence-corrected chi connectivity index (χ3v) is 4.93. The zero-order valence-electron chi connectivity index (χ0n) is 14.7. The van der Waals surface area contributed by atoms with Crippen LogP contribution in [0, 0.1) is 5.82 Å². The van der Waals surface area contributed by atoms with Crippen LogP contribution in [0.3, 0.4) is 0 Å². The van der Waals surface area contributed by atoms with Gasteiger partial charge in [-0.3, -0.25) is 14.9 Å². The molecular weight excluding hydrogens is 381 g/mol. The minimum Gasteiger partial charge on any atom is -0.294 e. The first-order valence-corrected chi connectivity index (χ1v) is 9.09. The van der Waals surface area contributed by atoms with E-state index < -0.39 is 0 Å². The molecule has 0 saturated heterocycles. The van der Waals surface area contributed by atoms with Crippen LogP contribution in [0.25, 0.3) is 0 Å². The average Bonchev–Trinajstić information content (AvgIpc) is 2.68. The first kappa shape index (κ1) is 18.3. The van der Waals surface area contributed by atoms with E-state index in [1.807, 2.05) is 0 Å². The molecule has 0 fully saturated rings. The standard InChI is InChI=1S/C21H15ClFN3O2/c22-15-3-1-2-13(8-15)20(28)26-21-24-11-17-18(25-21)9-14(10-19(17)27)12-4-6-16(23)7-5-12/h1-8,11,14H,9-10H2,(H,24,25,26,28). The topological polar surface area (TPSA) is 72.0 Å². The molecule has 7 heteroatoms. The van der Waals surface area contributed by atoms with Crippen molar-refractivity contribution >= 4 is 29.2 Å². The number of carbonyl (C=O) groups is 2. The summed E-state index contributed by atoms with van der Waals surface area (Å²) >= 11 is 5.91. The van der Waals surface area contributed by atoms with Gasteiger partial charge in [-0.2, -0.15) is 0 Å². The average molecular weight is 396 g/mol. The van der Waals surface area contributed by atoms with E-state index in [9.17, 15) is 14.0 Å². The van der Waals surface area contributed by atoms with Crippen molar-refractivity contribution in [3.63, 3.8) is 0 Å². The first-order chi connectivity index (χ1) is 13.5. The quantitative estimate of drug-likeness (QED) is 0.711. The molecule has 0 radical (unpaired) electrons. The van der Waals surface area contributed by atoms with Gasteiger partial charge in [0.05, 0.1) is 11.3 Å². The summed E-state index contributed by atoms with van der Waals surface area (Å²) in [6.45, 7) is 0. The molecule has 140 valence electrons. The van der Waals surface area contributed by atoms with Crippen LogP contribution in [0.4, 0.5) is 10.3 Å². The normalized spacial score (nSPS) is 15.8. The van der Waals surface area contributed by atoms with Gasteiger partial charge >= 0.3 is 0 Å². The van der Waals surface area contributed by atoms with Crippen molar-refractivity contribution in [2.45, 2.75) is 18.8 Å². The van der Waals surface area contributed by atoms with Gasteiger partial charge in [0.25, 0.3) is 5.91 Å². The van der Waals surface area contributed by atoms with E-state index in [2.05, 4.69) is 15.3 Å². The summed E-state index contributed by atoms with van der Waals surface area (Å²) < 4.78 is 13.2. The maximum absolute atomic E-state index is 13.2. The maximum Gasteiger partial charge on any atom is 0.258 e. The number of rotatable bonds is 3. The van der Waals surface area contributed by atoms with Gasteiger partial charge in [0, 0.05) is 23.2 Å². The van der Waals surface area contributed by atoms with Gasteiger partial charge in [-0.25, -0.2) is 14.4 Å². The molecule has 2 aromatic carbocycles. The lowest BCUT2D eigenvalue weighted by atomic mass is 9.82. The molecule has 1 aromatic heterocycles. The lowest BCUT2D eigenvalue weighted by molar-refractivity contribution is 0.0962. The van der Waals surface area contributed by atoms with Crippen molar-refractivity contribution in [1.29, 1.82) is 0 Å². The van der Waals surface area contributed by atoms with Crippen LogP contribution in [-0.2, 0) is 6.42 Å². The molecule has 1 aliphatic rings. The Kier molecular flexibility index (Phi) is 4.88. The van der Waals surface area contributed by atoms with Gasteiger partial charge < -0.3 is 0 Å². The highest BCUT2D eigenvalue weighted by Gasteiger charge is 2.28. The molecule has 1 heterocycles. The fourth-order valence-electron chi connectivity index (χ4n) is 3.28. The molecule has 1 unspecified atom stereocenters. The molecule has 4 rings (SSSR count). The molecule has 3 aromatic rings. The summed E-state index contributed by atoms with van der Waals surface area (Å²) in [5, 5.41) is 3.08. The largest absolute Gasteiger partial charge is 0.294 e. The van der Waals surface area contributed by atoms with E-state index in [0.29, 0.717) is 34.7 Å². The number of fused-ring (bicyclic) bond motifs is 1. The summed E-state index contributed by atoms with van der Waals surface area (Å²) in [4.78, 5) is 33.3. The van der Waals surface area contributed by atoms with Crippen molar-refractivity contribution in [1.82, 2.24) is 9.97 Å². The zero-order chi connectivity index (χ0) is 19.7. The minimum atomic E-state index is -0.389. The monoisotopic (exact) mass is 395 g/mol. The predicted octanol–water partition coefficient (Wildman–Crippen LogP) is 4.43. The van der Waals surface area contributed by atoms with E-state index in [0.717, 1.165) is 5.56 Å². The second kappa shape index (κ2) is 7.48. The molecule has 0 spiro atoms. The molecule has 1 N–H and O–H groups in total. The number of hydrogen-bond donors (Lipinski definition) is 1. The van der Waals surface area contributed by atoms with Crippen molar-refractivity contribution in [3.05, 3.63) is 88.0 Å². The number of halogens is 2. The molecular formula is C21H15ClFN3O2. The number of benzene rings is 2. The third kappa shape index (κ3) is 3.77. The number of aromatic nitrogens is 2. The van der Waals surface area contributed by atoms with Gasteiger partial charge in [0.2, 0.25) is 5.95 Å². The number of anilines is 1. The second-order valence-electron chi connectivity index (χ2n) is 6.60. The Morgan fingerprint density at radius 3 is 2.68 bits per heavy atom. The Labute approximate surface area is 165 Å². The maximum atomic E-state index is 13.2. The zero-order valence-corrected chi connectivity index (χ0v) is 15.4. The van der Waals surface area contributed by atoms with Crippen LogP contribution in [0.5, 0.6) is 0 Å². The van der Waals surface area contributed by atoms with E-state index >= 15 is 0 Å². The number of nitrogens with zero attached hydrogens (tertiary/aromatic N) is 2. The Morgan fingerprint density at radius 2 is 1.93 bits per heavy atom. The lowest BCUT2D eigenvalue weighted by Crippen LogP contribution is -2.22. The second-order valence-corrected chi connectivity index (χ2v) is 7.03. The van der Waals surface area contributed by atoms with Gasteiger partial charge in [-0.05, 0) is 48.2 Å². The molecule has 0 aliphatic heterocycles. The molecule has 1 atom stereocenters. The summed E-state index contributed by atoms with van der Waals surface area (Å²) in [5.74, 6) is -0.745. The number of amides is 1. The van der Waals surface area contributed by atoms with Gasteiger partial charge in [0.1, 0.15) is 5.82 Å². The van der Waals surface area contributed by atoms with Gasteiger partial charge in [-0.1, -0.05) is 29.8 Å². The Bertz CT molecular complexity index is 1070. The highest BCUT2D eigenvalue weighted by molar-refractivity contribution is 6.31. The first-order valence-electron chi connectivity index (χ1n) is 8.71. The molecule has 5 nitrogen and oxygen atoms in total. The number of carbonyl (C=O) groups excluding carboxylic acids is 2. The number of hydrogen-bond acceptors (Lipinski definition) is 4. The van der Waals surface area contributed by atoms with Crippen LogP contribution in [0.2, 0.25) is 5.02 Å². The fraction of sp³-hybridized carbons (Fsp3) is 0.143. The number of Topliss-reactive ketones (excluding diaryl/α,β-unsaturated/α-hetero) is 1. The highest BCUT2D eigenvalue weighted by Crippen LogP contribution is 2.32. The summed E-state index contributed by atoms with van der Waals surface area (Å²) in [6.07, 6.45) is 2.27. The van der Waals surface area contributed by atoms with Crippen molar-refractivity contribution < 1.29 is 14.0 Å². The van der Waals surface area contributed by atoms with Crippen molar-refractivity contribution in [2.75, 3.05) is 5.32 Å². The number of ketones is 1. The molecule has 28 heavy (non-hydrogen) atoms. The predicted molar refractivity (Wildman–Crippen MR) is 103 cm³/mol. The van der Waals surface area contributed by atoms with E-state index in [1.54, 1.807) is 36.4 Å². The molecule has 0 saturated carbocycles. The van der Waals surface area contributed by atoms with Gasteiger partial charge in [0.15, 0.2) is 5.78 Å². The lowest BCUT2D eigenvalue weighted by Gasteiger charge is -2.23. The van der Waals surface area contributed by atoms with E-state index in [4.69, 9.17) is 11.6 Å². The molecule has 1 amide bonds. The SMILES string of the molecule is O=C(Nc1ncc2c(n1)CC(c1ccc(F)cc1)CC2=O)c1cccc(Cl)c1. The van der Waals surface area contributed by atoms with Gasteiger partial charge in [-0.15, -0.1) is 0 Å². The van der Waals surface area contributed by atoms with Crippen LogP contribution in [0.1, 0.15) is 44.3 Å². The Morgan fingerprint density at radius 1 is 1.14 bits per heavy atom. The van der Waals surface area contributed by atoms with Crippen LogP contribution >= 0.6 is 11.6 Å². The van der Waals surface area contributed by atoms with Crippen molar-refractivity contribution in [3.8, 4) is 0 Å². The van der Waals surface area contributed by atoms with E-state index in [1.165, 1.54) is 18.3 Å². The molecule has 1 aliphatic carbocycles. The summed E-state index contributed by atoms with van der Waals surface area (Å²) in [5.41, 5.74) is 2.29. The Balaban J connectivity index is 1.57. The van der Waals surface area contributed by atoms with Crippen molar-refractivity contribution in [2.24, 2.45) is 0 Å². The summed E-state index contributed by atoms with van der Waals surface area (Å²) in [7, 11) is 0. The van der Waals surface area contributed by atoms with E-state index in [-0.39, 0.29) is 29.4 Å². The minimum absolute atomic E-state index is 0.0664. The van der Waals surface area contributed by atoms with Crippen LogP contribution in [-0.4, -0.2) is 21.7 Å². The fourth-order valence-corrected chi connectivity index (χ4v) is 3.47. The van der Waals surface area contributed by atoms with Crippen LogP contribution in [0.15, 0.2) is 54.7 Å². The Hall–Kier alpha value is -3.12. The third-order valence-electron chi connectivity index (χ3n) is 4.69. The number of nitrogens with one attached hydrogen (secondary N) is 1. The van der Waals surface area contributed by atoms with Crippen LogP contribution < -0.4 is 5.32 Å². The summed E-state index contributed by atoms with van der Waals surface area (Å²) in [6, 6.07) is 12.7. The smallest absolute Gasteiger partial charge is 0.258 e.